The summed E-state index contributed by atoms with van der Waals surface area (Å²) in [6.07, 6.45) is 1.70. The van der Waals surface area contributed by atoms with Crippen LogP contribution in [-0.2, 0) is 4.74 Å². The van der Waals surface area contributed by atoms with E-state index in [4.69, 9.17) is 16.3 Å². The number of aryl methyl sites for hydroxylation is 1. The first kappa shape index (κ1) is 18.2. The topological polar surface area (TPSA) is 76.5 Å². The molecule has 0 amide bonds. The Kier molecular flexibility index (Phi) is 4.87. The minimum atomic E-state index is -0.525. The summed E-state index contributed by atoms with van der Waals surface area (Å²) in [5, 5.41) is 4.99. The quantitative estimate of drug-likeness (QED) is 0.702. The minimum Gasteiger partial charge on any atom is -0.461 e. The number of H-pyrrole nitrogens is 1. The lowest BCUT2D eigenvalue weighted by Crippen LogP contribution is -2.13. The molecule has 0 fully saturated rings. The zero-order chi connectivity index (χ0) is 19.0. The number of hydrogen-bond donors (Lipinski definition) is 1. The van der Waals surface area contributed by atoms with Crippen LogP contribution >= 0.6 is 11.6 Å². The lowest BCUT2D eigenvalue weighted by Gasteiger charge is -2.07. The van der Waals surface area contributed by atoms with Gasteiger partial charge in [0.1, 0.15) is 5.52 Å². The van der Waals surface area contributed by atoms with E-state index in [1.165, 1.54) is 4.52 Å². The van der Waals surface area contributed by atoms with Crippen LogP contribution in [0.5, 0.6) is 0 Å². The molecular weight excluding hydrogens is 354 g/mol. The number of aromatic nitrogens is 3. The van der Waals surface area contributed by atoms with Crippen molar-refractivity contribution >= 4 is 23.1 Å². The molecule has 0 atom stereocenters. The van der Waals surface area contributed by atoms with Gasteiger partial charge < -0.3 is 9.72 Å². The van der Waals surface area contributed by atoms with Crippen LogP contribution in [0, 0.1) is 6.92 Å². The van der Waals surface area contributed by atoms with E-state index in [2.05, 4.69) is 10.1 Å². The Balaban J connectivity index is 2.24. The molecule has 0 aliphatic carbocycles. The van der Waals surface area contributed by atoms with Gasteiger partial charge in [-0.15, -0.1) is 0 Å². The highest BCUT2D eigenvalue weighted by atomic mass is 35.5. The number of nitrogens with one attached hydrogen (secondary N) is 1. The Labute approximate surface area is 155 Å². The smallest absolute Gasteiger partial charge is 0.359 e. The van der Waals surface area contributed by atoms with Gasteiger partial charge in [-0.2, -0.15) is 5.10 Å². The van der Waals surface area contributed by atoms with Crippen molar-refractivity contribution in [2.75, 3.05) is 6.61 Å². The molecule has 0 saturated carbocycles. The molecule has 3 aromatic rings. The lowest BCUT2D eigenvalue weighted by atomic mass is 10.0. The minimum absolute atomic E-state index is 0.0587. The second-order valence-corrected chi connectivity index (χ2v) is 6.80. The van der Waals surface area contributed by atoms with Crippen molar-refractivity contribution < 1.29 is 9.53 Å². The molecule has 7 heteroatoms. The second-order valence-electron chi connectivity index (χ2n) is 6.39. The number of nitrogens with zero attached hydrogens (tertiary/aromatic N) is 2. The monoisotopic (exact) mass is 373 g/mol. The van der Waals surface area contributed by atoms with Crippen LogP contribution in [0.2, 0.25) is 5.02 Å². The highest BCUT2D eigenvalue weighted by molar-refractivity contribution is 6.31. The summed E-state index contributed by atoms with van der Waals surface area (Å²) in [5.41, 5.74) is 3.13. The average molecular weight is 374 g/mol. The summed E-state index contributed by atoms with van der Waals surface area (Å²) >= 11 is 6.08. The number of esters is 1. The van der Waals surface area contributed by atoms with Gasteiger partial charge in [-0.05, 0) is 43.0 Å². The van der Waals surface area contributed by atoms with Gasteiger partial charge in [-0.1, -0.05) is 31.5 Å². The van der Waals surface area contributed by atoms with Gasteiger partial charge in [0.15, 0.2) is 5.69 Å². The second kappa shape index (κ2) is 6.96. The normalized spacial score (nSPS) is 11.3. The molecule has 0 aliphatic rings. The van der Waals surface area contributed by atoms with E-state index in [1.807, 2.05) is 32.9 Å². The van der Waals surface area contributed by atoms with E-state index in [0.717, 1.165) is 11.1 Å². The number of aromatic amines is 1. The maximum atomic E-state index is 12.7. The van der Waals surface area contributed by atoms with Crippen LogP contribution in [0.1, 0.15) is 48.3 Å². The van der Waals surface area contributed by atoms with Crippen molar-refractivity contribution in [1.29, 1.82) is 0 Å². The molecular formula is C19H20ClN3O3. The Hall–Kier alpha value is -2.60. The summed E-state index contributed by atoms with van der Waals surface area (Å²) in [5.74, 6) is -0.584. The summed E-state index contributed by atoms with van der Waals surface area (Å²) in [7, 11) is 0. The highest BCUT2D eigenvalue weighted by Gasteiger charge is 2.25. The molecule has 0 aliphatic heterocycles. The van der Waals surface area contributed by atoms with E-state index in [-0.39, 0.29) is 23.8 Å². The number of halogens is 1. The SMILES string of the molecule is CCOC(=O)c1nn2cc(-c3ccc(Cl)c(C)c3)[nH]c(=O)c2c1C(C)C. The average Bonchev–Trinajstić information content (AvgIpc) is 2.98. The molecule has 2 heterocycles. The Morgan fingerprint density at radius 3 is 2.73 bits per heavy atom. The third-order valence-electron chi connectivity index (χ3n) is 4.18. The van der Waals surface area contributed by atoms with Crippen LogP contribution in [0.25, 0.3) is 16.8 Å². The number of hydrogen-bond acceptors (Lipinski definition) is 4. The van der Waals surface area contributed by atoms with Gasteiger partial charge in [-0.25, -0.2) is 9.31 Å². The molecule has 0 unspecified atom stereocenters. The predicted molar refractivity (Wildman–Crippen MR) is 101 cm³/mol. The zero-order valence-electron chi connectivity index (χ0n) is 15.1. The van der Waals surface area contributed by atoms with Gasteiger partial charge in [-0.3, -0.25) is 4.79 Å². The molecule has 136 valence electrons. The molecule has 6 nitrogen and oxygen atoms in total. The Morgan fingerprint density at radius 1 is 1.38 bits per heavy atom. The van der Waals surface area contributed by atoms with Crippen molar-refractivity contribution in [3.05, 3.63) is 56.6 Å². The lowest BCUT2D eigenvalue weighted by molar-refractivity contribution is 0.0517. The fraction of sp³-hybridized carbons (Fsp3) is 0.316. The Morgan fingerprint density at radius 2 is 2.12 bits per heavy atom. The van der Waals surface area contributed by atoms with Gasteiger partial charge >= 0.3 is 5.97 Å². The van der Waals surface area contributed by atoms with Crippen molar-refractivity contribution in [2.24, 2.45) is 0 Å². The highest BCUT2D eigenvalue weighted by Crippen LogP contribution is 2.26. The zero-order valence-corrected chi connectivity index (χ0v) is 15.8. The third-order valence-corrected chi connectivity index (χ3v) is 4.60. The van der Waals surface area contributed by atoms with Crippen LogP contribution in [0.4, 0.5) is 0 Å². The maximum absolute atomic E-state index is 12.7. The van der Waals surface area contributed by atoms with Gasteiger partial charge in [0.2, 0.25) is 0 Å². The molecule has 3 rings (SSSR count). The van der Waals surface area contributed by atoms with Gasteiger partial charge in [0.25, 0.3) is 5.56 Å². The van der Waals surface area contributed by atoms with Crippen LogP contribution in [0.15, 0.2) is 29.2 Å². The van der Waals surface area contributed by atoms with E-state index in [9.17, 15) is 9.59 Å². The summed E-state index contributed by atoms with van der Waals surface area (Å²) < 4.78 is 6.55. The van der Waals surface area contributed by atoms with E-state index in [0.29, 0.717) is 21.8 Å². The predicted octanol–water partition coefficient (Wildman–Crippen LogP) is 3.95. The summed E-state index contributed by atoms with van der Waals surface area (Å²) in [4.78, 5) is 27.9. The summed E-state index contributed by atoms with van der Waals surface area (Å²) in [6, 6.07) is 5.49. The van der Waals surface area contributed by atoms with E-state index < -0.39 is 5.97 Å². The fourth-order valence-electron chi connectivity index (χ4n) is 2.96. The molecule has 2 aromatic heterocycles. The standard InChI is InChI=1S/C19H20ClN3O3/c1-5-26-19(25)16-15(10(2)3)17-18(24)21-14(9-23(17)22-16)12-6-7-13(20)11(4)8-12/h6-10H,5H2,1-4H3,(H,21,24). The van der Waals surface area contributed by atoms with Crippen molar-refractivity contribution in [3.63, 3.8) is 0 Å². The van der Waals surface area contributed by atoms with Crippen molar-refractivity contribution in [3.8, 4) is 11.3 Å². The number of carbonyl (C=O) groups excluding carboxylic acids is 1. The van der Waals surface area contributed by atoms with Gasteiger partial charge in [0, 0.05) is 10.6 Å². The molecule has 26 heavy (non-hydrogen) atoms. The fourth-order valence-corrected chi connectivity index (χ4v) is 3.08. The first-order valence-electron chi connectivity index (χ1n) is 8.42. The number of ether oxygens (including phenoxy) is 1. The summed E-state index contributed by atoms with van der Waals surface area (Å²) in [6.45, 7) is 7.70. The van der Waals surface area contributed by atoms with Gasteiger partial charge in [0.05, 0.1) is 18.5 Å². The number of carbonyl (C=O) groups is 1. The molecule has 0 radical (unpaired) electrons. The Bertz CT molecular complexity index is 1050. The largest absolute Gasteiger partial charge is 0.461 e. The number of rotatable bonds is 4. The third kappa shape index (κ3) is 3.12. The maximum Gasteiger partial charge on any atom is 0.359 e. The molecule has 1 N–H and O–H groups in total. The van der Waals surface area contributed by atoms with Crippen LogP contribution < -0.4 is 5.56 Å². The molecule has 0 saturated heterocycles. The van der Waals surface area contributed by atoms with Crippen LogP contribution in [0.3, 0.4) is 0 Å². The first-order chi connectivity index (χ1) is 12.3. The molecule has 1 aromatic carbocycles. The molecule has 0 spiro atoms. The first-order valence-corrected chi connectivity index (χ1v) is 8.80. The van der Waals surface area contributed by atoms with Crippen molar-refractivity contribution in [1.82, 2.24) is 14.6 Å². The molecule has 0 bridgehead atoms. The number of benzene rings is 1. The van der Waals surface area contributed by atoms with E-state index in [1.54, 1.807) is 19.2 Å². The van der Waals surface area contributed by atoms with E-state index >= 15 is 0 Å². The van der Waals surface area contributed by atoms with Crippen molar-refractivity contribution in [2.45, 2.75) is 33.6 Å². The number of fused-ring (bicyclic) bond motifs is 1. The van der Waals surface area contributed by atoms with Crippen LogP contribution in [-0.4, -0.2) is 27.2 Å².